The van der Waals surface area contributed by atoms with Crippen LogP contribution < -0.4 is 0 Å². The Bertz CT molecular complexity index is 537. The molecule has 2 aromatic rings. The van der Waals surface area contributed by atoms with Crippen LogP contribution in [0.3, 0.4) is 0 Å². The first-order valence-corrected chi connectivity index (χ1v) is 5.91. The maximum atomic E-state index is 3.40. The molecule has 0 bridgehead atoms. The number of likely N-dealkylation sites (N-methyl/N-ethyl adjacent to an activating group) is 1. The Morgan fingerprint density at radius 3 is 2.69 bits per heavy atom. The van der Waals surface area contributed by atoms with Crippen LogP contribution in [0.5, 0.6) is 0 Å². The van der Waals surface area contributed by atoms with E-state index in [-0.39, 0.29) is 0 Å². The fourth-order valence-electron chi connectivity index (χ4n) is 2.86. The van der Waals surface area contributed by atoms with E-state index in [1.807, 2.05) is 0 Å². The first kappa shape index (κ1) is 9.91. The molecule has 0 saturated heterocycles. The number of H-pyrrole nitrogens is 1. The van der Waals surface area contributed by atoms with Crippen molar-refractivity contribution < 1.29 is 0 Å². The van der Waals surface area contributed by atoms with Gasteiger partial charge in [-0.2, -0.15) is 0 Å². The molecule has 1 aromatic carbocycles. The van der Waals surface area contributed by atoms with Crippen LogP contribution in [0.1, 0.15) is 16.7 Å². The van der Waals surface area contributed by atoms with E-state index in [1.54, 1.807) is 0 Å². The summed E-state index contributed by atoms with van der Waals surface area (Å²) in [4.78, 5) is 5.74. The third-order valence-corrected chi connectivity index (χ3v) is 3.73. The second-order valence-electron chi connectivity index (χ2n) is 5.19. The Hall–Kier alpha value is -1.28. The third kappa shape index (κ3) is 1.37. The van der Waals surface area contributed by atoms with Crippen molar-refractivity contribution in [1.29, 1.82) is 0 Å². The second-order valence-corrected chi connectivity index (χ2v) is 5.19. The molecule has 1 atom stereocenters. The molecule has 3 rings (SSSR count). The monoisotopic (exact) mass is 214 g/mol. The van der Waals surface area contributed by atoms with Gasteiger partial charge < -0.3 is 9.88 Å². The van der Waals surface area contributed by atoms with Crippen molar-refractivity contribution in [2.75, 3.05) is 14.1 Å². The van der Waals surface area contributed by atoms with Crippen molar-refractivity contribution in [3.8, 4) is 0 Å². The van der Waals surface area contributed by atoms with Gasteiger partial charge in [0.1, 0.15) is 0 Å². The minimum Gasteiger partial charge on any atom is -0.361 e. The van der Waals surface area contributed by atoms with Crippen molar-refractivity contribution in [2.24, 2.45) is 0 Å². The number of nitrogens with zero attached hydrogens (tertiary/aromatic N) is 1. The predicted molar refractivity (Wildman–Crippen MR) is 67.9 cm³/mol. The molecule has 0 aliphatic heterocycles. The molecule has 0 amide bonds. The highest BCUT2D eigenvalue weighted by atomic mass is 15.1. The standard InChI is InChI=1S/C14H18N2/c1-9-4-10-6-12(16(2)3)7-11-8-15-13(5-9)14(10)11/h4-5,8,12,15H,6-7H2,1-3H3. The van der Waals surface area contributed by atoms with Crippen LogP contribution in [0.4, 0.5) is 0 Å². The summed E-state index contributed by atoms with van der Waals surface area (Å²) in [6.07, 6.45) is 4.53. The van der Waals surface area contributed by atoms with Gasteiger partial charge in [-0.3, -0.25) is 0 Å². The fourth-order valence-corrected chi connectivity index (χ4v) is 2.86. The first-order chi connectivity index (χ1) is 7.65. The Balaban J connectivity index is 2.18. The highest BCUT2D eigenvalue weighted by Gasteiger charge is 2.23. The van der Waals surface area contributed by atoms with Gasteiger partial charge in [0.25, 0.3) is 0 Å². The number of hydrogen-bond donors (Lipinski definition) is 1. The van der Waals surface area contributed by atoms with Crippen LogP contribution in [0.2, 0.25) is 0 Å². The van der Waals surface area contributed by atoms with Gasteiger partial charge in [0.15, 0.2) is 0 Å². The second kappa shape index (κ2) is 3.36. The van der Waals surface area contributed by atoms with Gasteiger partial charge in [-0.25, -0.2) is 0 Å². The van der Waals surface area contributed by atoms with Gasteiger partial charge in [-0.15, -0.1) is 0 Å². The van der Waals surface area contributed by atoms with Crippen molar-refractivity contribution in [3.63, 3.8) is 0 Å². The average molecular weight is 214 g/mol. The van der Waals surface area contributed by atoms with E-state index in [0.29, 0.717) is 6.04 Å². The molecule has 0 spiro atoms. The molecule has 1 aliphatic rings. The van der Waals surface area contributed by atoms with E-state index in [0.717, 1.165) is 0 Å². The van der Waals surface area contributed by atoms with Crippen LogP contribution in [0.25, 0.3) is 10.9 Å². The summed E-state index contributed by atoms with van der Waals surface area (Å²) in [5.74, 6) is 0. The van der Waals surface area contributed by atoms with Crippen LogP contribution in [0.15, 0.2) is 18.3 Å². The predicted octanol–water partition coefficient (Wildman–Crippen LogP) is 2.51. The molecule has 1 N–H and O–H groups in total. The number of aromatic nitrogens is 1. The summed E-state index contributed by atoms with van der Waals surface area (Å²) in [7, 11) is 4.35. The highest BCUT2D eigenvalue weighted by molar-refractivity contribution is 5.88. The molecule has 1 aliphatic carbocycles. The summed E-state index contributed by atoms with van der Waals surface area (Å²) < 4.78 is 0. The molecule has 0 saturated carbocycles. The van der Waals surface area contributed by atoms with Gasteiger partial charge in [0, 0.05) is 23.1 Å². The number of hydrogen-bond acceptors (Lipinski definition) is 1. The number of nitrogens with one attached hydrogen (secondary N) is 1. The molecule has 0 radical (unpaired) electrons. The molecule has 2 heteroatoms. The summed E-state index contributed by atoms with van der Waals surface area (Å²) in [5.41, 5.74) is 5.66. The van der Waals surface area contributed by atoms with Crippen molar-refractivity contribution in [2.45, 2.75) is 25.8 Å². The molecular formula is C14H18N2. The summed E-state index contributed by atoms with van der Waals surface area (Å²) in [6, 6.07) is 5.24. The van der Waals surface area contributed by atoms with Crippen LogP contribution >= 0.6 is 0 Å². The smallest absolute Gasteiger partial charge is 0.0462 e. The minimum atomic E-state index is 0.647. The van der Waals surface area contributed by atoms with E-state index < -0.39 is 0 Å². The zero-order valence-corrected chi connectivity index (χ0v) is 10.2. The third-order valence-electron chi connectivity index (χ3n) is 3.73. The number of rotatable bonds is 1. The molecule has 16 heavy (non-hydrogen) atoms. The van der Waals surface area contributed by atoms with Crippen LogP contribution in [0, 0.1) is 6.92 Å². The lowest BCUT2D eigenvalue weighted by Gasteiger charge is -2.28. The van der Waals surface area contributed by atoms with E-state index in [4.69, 9.17) is 0 Å². The van der Waals surface area contributed by atoms with Gasteiger partial charge in [-0.05, 0) is 56.6 Å². The van der Waals surface area contributed by atoms with Gasteiger partial charge >= 0.3 is 0 Å². The summed E-state index contributed by atoms with van der Waals surface area (Å²) in [5, 5.41) is 1.48. The van der Waals surface area contributed by atoms with Gasteiger partial charge in [-0.1, -0.05) is 6.07 Å². The Morgan fingerprint density at radius 2 is 1.94 bits per heavy atom. The average Bonchev–Trinajstić information content (AvgIpc) is 2.62. The van der Waals surface area contributed by atoms with Crippen molar-refractivity contribution in [1.82, 2.24) is 9.88 Å². The fraction of sp³-hybridized carbons (Fsp3) is 0.429. The molecule has 1 aromatic heterocycles. The topological polar surface area (TPSA) is 19.0 Å². The highest BCUT2D eigenvalue weighted by Crippen LogP contribution is 2.31. The zero-order chi connectivity index (χ0) is 11.3. The normalized spacial score (nSPS) is 19.6. The summed E-state index contributed by atoms with van der Waals surface area (Å²) >= 11 is 0. The maximum absolute atomic E-state index is 3.40. The number of aryl methyl sites for hydroxylation is 1. The largest absolute Gasteiger partial charge is 0.361 e. The Morgan fingerprint density at radius 1 is 1.19 bits per heavy atom. The SMILES string of the molecule is Cc1cc2c3c(c[nH]c3c1)CC(N(C)C)C2. The van der Waals surface area contributed by atoms with Crippen LogP contribution in [-0.4, -0.2) is 30.0 Å². The van der Waals surface area contributed by atoms with E-state index in [2.05, 4.69) is 49.2 Å². The molecule has 84 valence electrons. The molecule has 2 nitrogen and oxygen atoms in total. The molecule has 0 fully saturated rings. The zero-order valence-electron chi connectivity index (χ0n) is 10.2. The molecule has 1 unspecified atom stereocenters. The van der Waals surface area contributed by atoms with E-state index in [1.165, 1.54) is 40.4 Å². The van der Waals surface area contributed by atoms with Crippen molar-refractivity contribution in [3.05, 3.63) is 35.0 Å². The number of benzene rings is 1. The first-order valence-electron chi connectivity index (χ1n) is 5.91. The van der Waals surface area contributed by atoms with E-state index in [9.17, 15) is 0 Å². The minimum absolute atomic E-state index is 0.647. The Labute approximate surface area is 96.3 Å². The van der Waals surface area contributed by atoms with Gasteiger partial charge in [0.05, 0.1) is 0 Å². The number of aromatic amines is 1. The van der Waals surface area contributed by atoms with E-state index >= 15 is 0 Å². The molecule has 1 heterocycles. The quantitative estimate of drug-likeness (QED) is 0.772. The van der Waals surface area contributed by atoms with Crippen molar-refractivity contribution >= 4 is 10.9 Å². The van der Waals surface area contributed by atoms with Gasteiger partial charge in [0.2, 0.25) is 0 Å². The maximum Gasteiger partial charge on any atom is 0.0462 e. The lowest BCUT2D eigenvalue weighted by Crippen LogP contribution is -2.34. The Kier molecular flexibility index (Phi) is 2.08. The lowest BCUT2D eigenvalue weighted by molar-refractivity contribution is 0.287. The summed E-state index contributed by atoms with van der Waals surface area (Å²) in [6.45, 7) is 2.18. The van der Waals surface area contributed by atoms with Crippen LogP contribution in [-0.2, 0) is 12.8 Å². The molecular weight excluding hydrogens is 196 g/mol. The lowest BCUT2D eigenvalue weighted by atomic mass is 9.88.